The van der Waals surface area contributed by atoms with Crippen molar-refractivity contribution in [1.29, 1.82) is 0 Å². The molecule has 0 fully saturated rings. The van der Waals surface area contributed by atoms with Crippen molar-refractivity contribution >= 4 is 5.91 Å². The van der Waals surface area contributed by atoms with Gasteiger partial charge in [-0.3, -0.25) is 4.79 Å². The summed E-state index contributed by atoms with van der Waals surface area (Å²) >= 11 is 0. The molecule has 1 atom stereocenters. The summed E-state index contributed by atoms with van der Waals surface area (Å²) in [7, 11) is 0. The van der Waals surface area contributed by atoms with Gasteiger partial charge in [0.2, 0.25) is 5.91 Å². The van der Waals surface area contributed by atoms with Crippen LogP contribution in [0.1, 0.15) is 26.2 Å². The molecule has 0 radical (unpaired) electrons. The Morgan fingerprint density at radius 1 is 1.70 bits per heavy atom. The van der Waals surface area contributed by atoms with E-state index in [1.54, 1.807) is 6.92 Å². The van der Waals surface area contributed by atoms with Crippen LogP contribution in [0.2, 0.25) is 0 Å². The van der Waals surface area contributed by atoms with E-state index in [0.29, 0.717) is 6.04 Å². The van der Waals surface area contributed by atoms with Crippen LogP contribution in [-0.2, 0) is 4.79 Å². The Kier molecular flexibility index (Phi) is 2.49. The Morgan fingerprint density at radius 2 is 2.50 bits per heavy atom. The zero-order chi connectivity index (χ0) is 7.40. The van der Waals surface area contributed by atoms with Crippen LogP contribution < -0.4 is 5.32 Å². The minimum atomic E-state index is 0.0663. The fraction of sp³-hybridized carbons (Fsp3) is 0.625. The van der Waals surface area contributed by atoms with Gasteiger partial charge in [-0.25, -0.2) is 0 Å². The minimum Gasteiger partial charge on any atom is -0.350 e. The number of rotatable bonds is 1. The Hall–Kier alpha value is -0.790. The lowest BCUT2D eigenvalue weighted by Gasteiger charge is -2.16. The summed E-state index contributed by atoms with van der Waals surface area (Å²) in [6.45, 7) is 1.56. The lowest BCUT2D eigenvalue weighted by atomic mass is 10.0. The number of allylic oxidation sites excluding steroid dienone is 1. The van der Waals surface area contributed by atoms with E-state index in [4.69, 9.17) is 0 Å². The number of hydrogen-bond donors (Lipinski definition) is 1. The molecular weight excluding hydrogens is 126 g/mol. The standard InChI is InChI=1S/C8H13NO/c1-7(10)9-8-5-3-2-4-6-8/h3,5,8H,2,4,6H2,1H3,(H,9,10). The van der Waals surface area contributed by atoms with Crippen LogP contribution in [0.3, 0.4) is 0 Å². The van der Waals surface area contributed by atoms with Crippen LogP contribution in [0.4, 0.5) is 0 Å². The number of nitrogens with one attached hydrogen (secondary N) is 1. The fourth-order valence-corrected chi connectivity index (χ4v) is 1.19. The molecule has 1 N–H and O–H groups in total. The molecule has 0 aromatic heterocycles. The van der Waals surface area contributed by atoms with Crippen molar-refractivity contribution in [3.05, 3.63) is 12.2 Å². The Balaban J connectivity index is 2.33. The topological polar surface area (TPSA) is 29.1 Å². The monoisotopic (exact) mass is 139 g/mol. The van der Waals surface area contributed by atoms with Crippen molar-refractivity contribution in [3.8, 4) is 0 Å². The lowest BCUT2D eigenvalue weighted by Crippen LogP contribution is -2.32. The highest BCUT2D eigenvalue weighted by atomic mass is 16.1. The zero-order valence-electron chi connectivity index (χ0n) is 6.26. The van der Waals surface area contributed by atoms with E-state index in [1.165, 1.54) is 6.42 Å². The first-order chi connectivity index (χ1) is 4.79. The largest absolute Gasteiger partial charge is 0.350 e. The van der Waals surface area contributed by atoms with Gasteiger partial charge in [0.15, 0.2) is 0 Å². The maximum Gasteiger partial charge on any atom is 0.217 e. The highest BCUT2D eigenvalue weighted by Gasteiger charge is 2.07. The number of amides is 1. The first-order valence-electron chi connectivity index (χ1n) is 3.73. The van der Waals surface area contributed by atoms with Crippen LogP contribution in [0.25, 0.3) is 0 Å². The predicted molar refractivity (Wildman–Crippen MR) is 40.6 cm³/mol. The van der Waals surface area contributed by atoms with Crippen molar-refractivity contribution in [1.82, 2.24) is 5.32 Å². The fourth-order valence-electron chi connectivity index (χ4n) is 1.19. The lowest BCUT2D eigenvalue weighted by molar-refractivity contribution is -0.119. The third kappa shape index (κ3) is 2.21. The van der Waals surface area contributed by atoms with Crippen molar-refractivity contribution in [2.24, 2.45) is 0 Å². The maximum absolute atomic E-state index is 10.6. The summed E-state index contributed by atoms with van der Waals surface area (Å²) < 4.78 is 0. The van der Waals surface area contributed by atoms with Crippen LogP contribution in [0, 0.1) is 0 Å². The first kappa shape index (κ1) is 7.32. The molecule has 2 nitrogen and oxygen atoms in total. The van der Waals surface area contributed by atoms with Gasteiger partial charge in [-0.1, -0.05) is 12.2 Å². The summed E-state index contributed by atoms with van der Waals surface area (Å²) in [5.41, 5.74) is 0. The average Bonchev–Trinajstić information content (AvgIpc) is 1.88. The van der Waals surface area contributed by atoms with E-state index in [2.05, 4.69) is 17.5 Å². The molecule has 1 aliphatic carbocycles. The number of carbonyl (C=O) groups is 1. The number of hydrogen-bond acceptors (Lipinski definition) is 1. The molecule has 0 aromatic carbocycles. The van der Waals surface area contributed by atoms with Gasteiger partial charge in [0.25, 0.3) is 0 Å². The molecule has 1 unspecified atom stereocenters. The van der Waals surface area contributed by atoms with Crippen LogP contribution in [0.5, 0.6) is 0 Å². The van der Waals surface area contributed by atoms with Gasteiger partial charge in [0.1, 0.15) is 0 Å². The highest BCUT2D eigenvalue weighted by molar-refractivity contribution is 5.73. The van der Waals surface area contributed by atoms with Gasteiger partial charge in [-0.2, -0.15) is 0 Å². The quantitative estimate of drug-likeness (QED) is 0.544. The SMILES string of the molecule is CC(=O)NC1C=CCCC1. The van der Waals surface area contributed by atoms with Crippen LogP contribution in [-0.4, -0.2) is 11.9 Å². The molecular formula is C8H13NO. The second-order valence-corrected chi connectivity index (χ2v) is 2.67. The molecule has 0 saturated carbocycles. The molecule has 10 heavy (non-hydrogen) atoms. The third-order valence-corrected chi connectivity index (χ3v) is 1.64. The molecule has 0 bridgehead atoms. The second kappa shape index (κ2) is 3.40. The third-order valence-electron chi connectivity index (χ3n) is 1.64. The summed E-state index contributed by atoms with van der Waals surface area (Å²) in [6.07, 6.45) is 7.66. The van der Waals surface area contributed by atoms with Gasteiger partial charge < -0.3 is 5.32 Å². The molecule has 0 saturated heterocycles. The average molecular weight is 139 g/mol. The zero-order valence-corrected chi connectivity index (χ0v) is 6.26. The minimum absolute atomic E-state index is 0.0663. The Morgan fingerprint density at radius 3 is 3.00 bits per heavy atom. The molecule has 1 rings (SSSR count). The Labute approximate surface area is 61.3 Å². The van der Waals surface area contributed by atoms with Gasteiger partial charge in [-0.15, -0.1) is 0 Å². The molecule has 1 amide bonds. The van der Waals surface area contributed by atoms with Crippen molar-refractivity contribution < 1.29 is 4.79 Å². The van der Waals surface area contributed by atoms with Crippen LogP contribution in [0.15, 0.2) is 12.2 Å². The number of carbonyl (C=O) groups excluding carboxylic acids is 1. The van der Waals surface area contributed by atoms with Crippen molar-refractivity contribution in [2.75, 3.05) is 0 Å². The van der Waals surface area contributed by atoms with Crippen molar-refractivity contribution in [2.45, 2.75) is 32.2 Å². The predicted octanol–water partition coefficient (Wildman–Crippen LogP) is 1.23. The Bertz CT molecular complexity index is 151. The molecule has 0 aromatic rings. The van der Waals surface area contributed by atoms with Gasteiger partial charge >= 0.3 is 0 Å². The summed E-state index contributed by atoms with van der Waals surface area (Å²) in [5.74, 6) is 0.0663. The second-order valence-electron chi connectivity index (χ2n) is 2.67. The normalized spacial score (nSPS) is 24.3. The van der Waals surface area contributed by atoms with E-state index < -0.39 is 0 Å². The molecule has 1 aliphatic rings. The van der Waals surface area contributed by atoms with E-state index in [0.717, 1.165) is 12.8 Å². The van der Waals surface area contributed by atoms with Crippen LogP contribution >= 0.6 is 0 Å². The van der Waals surface area contributed by atoms with E-state index in [9.17, 15) is 4.79 Å². The summed E-state index contributed by atoms with van der Waals surface area (Å²) in [4.78, 5) is 10.6. The summed E-state index contributed by atoms with van der Waals surface area (Å²) in [6, 6.07) is 0.297. The van der Waals surface area contributed by atoms with E-state index in [-0.39, 0.29) is 5.91 Å². The molecule has 0 heterocycles. The highest BCUT2D eigenvalue weighted by Crippen LogP contribution is 2.09. The van der Waals surface area contributed by atoms with E-state index >= 15 is 0 Å². The molecule has 0 spiro atoms. The van der Waals surface area contributed by atoms with Crippen molar-refractivity contribution in [3.63, 3.8) is 0 Å². The molecule has 56 valence electrons. The maximum atomic E-state index is 10.6. The molecule has 2 heteroatoms. The van der Waals surface area contributed by atoms with Gasteiger partial charge in [-0.05, 0) is 19.3 Å². The van der Waals surface area contributed by atoms with Gasteiger partial charge in [0, 0.05) is 13.0 Å². The van der Waals surface area contributed by atoms with Gasteiger partial charge in [0.05, 0.1) is 0 Å². The first-order valence-corrected chi connectivity index (χ1v) is 3.73. The molecule has 0 aliphatic heterocycles. The smallest absolute Gasteiger partial charge is 0.217 e. The van der Waals surface area contributed by atoms with E-state index in [1.807, 2.05) is 0 Å². The summed E-state index contributed by atoms with van der Waals surface area (Å²) in [5, 5.41) is 2.86.